The molecule has 3 N–H and O–H groups in total. The SMILES string of the molecule is CCNC(=O)NCc1cccc(-c2cccc([C@H]3O[C@@H](CSc4nc5ccccc5s4)C[C@@H](c4ccc(CO)cc4)O3)c2)c1. The van der Waals surface area contributed by atoms with E-state index in [0.29, 0.717) is 19.5 Å². The third kappa shape index (κ3) is 7.49. The molecule has 1 aliphatic heterocycles. The summed E-state index contributed by atoms with van der Waals surface area (Å²) in [5.74, 6) is 0.755. The van der Waals surface area contributed by atoms with E-state index in [4.69, 9.17) is 14.5 Å². The zero-order chi connectivity index (χ0) is 30.3. The van der Waals surface area contributed by atoms with Gasteiger partial charge in [0, 0.05) is 30.8 Å². The lowest BCUT2D eigenvalue weighted by Gasteiger charge is -2.36. The van der Waals surface area contributed by atoms with Crippen molar-refractivity contribution in [2.75, 3.05) is 12.3 Å². The summed E-state index contributed by atoms with van der Waals surface area (Å²) in [4.78, 5) is 16.7. The van der Waals surface area contributed by atoms with Crippen molar-refractivity contribution >= 4 is 39.3 Å². The van der Waals surface area contributed by atoms with Crippen LogP contribution in [0.2, 0.25) is 0 Å². The number of thiazole rings is 1. The Morgan fingerprint density at radius 2 is 1.70 bits per heavy atom. The Labute approximate surface area is 265 Å². The Bertz CT molecular complexity index is 1680. The quantitative estimate of drug-likeness (QED) is 0.138. The predicted octanol–water partition coefficient (Wildman–Crippen LogP) is 7.61. The first-order valence-corrected chi connectivity index (χ1v) is 16.6. The van der Waals surface area contributed by atoms with E-state index in [1.165, 1.54) is 4.70 Å². The number of ether oxygens (including phenoxy) is 2. The third-order valence-electron chi connectivity index (χ3n) is 7.49. The van der Waals surface area contributed by atoms with Crippen LogP contribution in [0.1, 0.15) is 48.0 Å². The number of fused-ring (bicyclic) bond motifs is 1. The van der Waals surface area contributed by atoms with Crippen molar-refractivity contribution in [2.24, 2.45) is 0 Å². The van der Waals surface area contributed by atoms with Crippen LogP contribution in [0.25, 0.3) is 21.3 Å². The first-order chi connectivity index (χ1) is 21.6. The smallest absolute Gasteiger partial charge is 0.315 e. The number of aromatic nitrogens is 1. The number of nitrogens with zero attached hydrogens (tertiary/aromatic N) is 1. The number of hydrogen-bond acceptors (Lipinski definition) is 7. The molecular formula is C35H35N3O4S2. The highest BCUT2D eigenvalue weighted by molar-refractivity contribution is 8.01. The standard InChI is InChI=1S/C35H35N3O4S2/c1-2-36-34(40)37-20-24-7-5-8-26(17-24)27-9-6-10-28(18-27)33-41-29(19-31(42-33)25-15-13-23(21-39)14-16-25)22-43-35-38-30-11-3-4-12-32(30)44-35/h3-18,29,31,33,39H,2,19-22H2,1H3,(H2,36,37,40)/t29-,31+,33+/m1/s1. The minimum Gasteiger partial charge on any atom is -0.392 e. The van der Waals surface area contributed by atoms with E-state index in [0.717, 1.165) is 49.0 Å². The van der Waals surface area contributed by atoms with Gasteiger partial charge in [-0.25, -0.2) is 9.78 Å². The predicted molar refractivity (Wildman–Crippen MR) is 177 cm³/mol. The molecule has 1 saturated heterocycles. The highest BCUT2D eigenvalue weighted by atomic mass is 32.2. The highest BCUT2D eigenvalue weighted by Crippen LogP contribution is 2.41. The molecule has 0 bridgehead atoms. The lowest BCUT2D eigenvalue weighted by molar-refractivity contribution is -0.245. The van der Waals surface area contributed by atoms with Gasteiger partial charge < -0.3 is 25.2 Å². The van der Waals surface area contributed by atoms with Gasteiger partial charge in [0.15, 0.2) is 10.6 Å². The summed E-state index contributed by atoms with van der Waals surface area (Å²) < 4.78 is 15.4. The van der Waals surface area contributed by atoms with Crippen LogP contribution < -0.4 is 10.6 Å². The van der Waals surface area contributed by atoms with Crippen LogP contribution in [0.3, 0.4) is 0 Å². The van der Waals surface area contributed by atoms with Crippen molar-refractivity contribution in [2.45, 2.75) is 49.3 Å². The molecule has 1 fully saturated rings. The van der Waals surface area contributed by atoms with Crippen LogP contribution in [0.4, 0.5) is 4.79 Å². The fourth-order valence-corrected chi connectivity index (χ4v) is 7.34. The number of rotatable bonds is 10. The van der Waals surface area contributed by atoms with Gasteiger partial charge in [0.2, 0.25) is 0 Å². The summed E-state index contributed by atoms with van der Waals surface area (Å²) in [6, 6.07) is 32.4. The van der Waals surface area contributed by atoms with Gasteiger partial charge in [0.1, 0.15) is 0 Å². The van der Waals surface area contributed by atoms with Crippen molar-refractivity contribution in [1.29, 1.82) is 0 Å². The molecular weight excluding hydrogens is 591 g/mol. The molecule has 3 atom stereocenters. The van der Waals surface area contributed by atoms with Crippen LogP contribution >= 0.6 is 23.1 Å². The fourth-order valence-electron chi connectivity index (χ4n) is 5.23. The molecule has 4 aromatic carbocycles. The van der Waals surface area contributed by atoms with Crippen molar-refractivity contribution in [1.82, 2.24) is 15.6 Å². The molecule has 0 spiro atoms. The second-order valence-corrected chi connectivity index (χ2v) is 12.9. The molecule has 0 aliphatic carbocycles. The molecule has 9 heteroatoms. The van der Waals surface area contributed by atoms with Gasteiger partial charge in [0.25, 0.3) is 0 Å². The molecule has 0 radical (unpaired) electrons. The number of nitrogens with one attached hydrogen (secondary N) is 2. The molecule has 5 aromatic rings. The summed E-state index contributed by atoms with van der Waals surface area (Å²) in [5, 5.41) is 15.2. The molecule has 7 nitrogen and oxygen atoms in total. The van der Waals surface area contributed by atoms with E-state index in [9.17, 15) is 9.90 Å². The molecule has 0 saturated carbocycles. The maximum Gasteiger partial charge on any atom is 0.315 e. The number of hydrogen-bond donors (Lipinski definition) is 3. The van der Waals surface area contributed by atoms with Crippen molar-refractivity contribution < 1.29 is 19.4 Å². The van der Waals surface area contributed by atoms with Gasteiger partial charge >= 0.3 is 6.03 Å². The minimum absolute atomic E-state index is 0.00889. The zero-order valence-corrected chi connectivity index (χ0v) is 26.1. The molecule has 1 aromatic heterocycles. The summed E-state index contributed by atoms with van der Waals surface area (Å²) in [5.41, 5.74) is 7.02. The number of aliphatic hydroxyl groups excluding tert-OH is 1. The number of urea groups is 1. The fraction of sp³-hybridized carbons (Fsp3) is 0.257. The average molecular weight is 626 g/mol. The summed E-state index contributed by atoms with van der Waals surface area (Å²) in [7, 11) is 0. The number of para-hydroxylation sites is 1. The number of benzene rings is 4. The van der Waals surface area contributed by atoms with Crippen LogP contribution in [0.5, 0.6) is 0 Å². The van der Waals surface area contributed by atoms with Crippen LogP contribution in [0.15, 0.2) is 101 Å². The van der Waals surface area contributed by atoms with Gasteiger partial charge in [-0.15, -0.1) is 11.3 Å². The van der Waals surface area contributed by atoms with Gasteiger partial charge in [-0.3, -0.25) is 0 Å². The van der Waals surface area contributed by atoms with Crippen molar-refractivity contribution in [3.05, 3.63) is 119 Å². The Balaban J connectivity index is 1.22. The van der Waals surface area contributed by atoms with Crippen molar-refractivity contribution in [3.8, 4) is 11.1 Å². The Morgan fingerprint density at radius 1 is 0.909 bits per heavy atom. The van der Waals surface area contributed by atoms with Gasteiger partial charge in [-0.2, -0.15) is 0 Å². The maximum absolute atomic E-state index is 11.9. The van der Waals surface area contributed by atoms with Gasteiger partial charge in [-0.05, 0) is 59.0 Å². The average Bonchev–Trinajstić information content (AvgIpc) is 3.50. The Kier molecular flexibility index (Phi) is 9.89. The van der Waals surface area contributed by atoms with E-state index in [2.05, 4.69) is 41.0 Å². The van der Waals surface area contributed by atoms with Crippen LogP contribution in [-0.2, 0) is 22.6 Å². The minimum atomic E-state index is -0.547. The Morgan fingerprint density at radius 3 is 2.50 bits per heavy atom. The molecule has 2 amide bonds. The van der Waals surface area contributed by atoms with E-state index in [1.54, 1.807) is 23.1 Å². The van der Waals surface area contributed by atoms with Gasteiger partial charge in [0.05, 0.1) is 29.0 Å². The molecule has 226 valence electrons. The van der Waals surface area contributed by atoms with Crippen LogP contribution in [-0.4, -0.2) is 34.5 Å². The van der Waals surface area contributed by atoms with E-state index < -0.39 is 6.29 Å². The normalized spacial score (nSPS) is 18.3. The molecule has 44 heavy (non-hydrogen) atoms. The number of amides is 2. The first kappa shape index (κ1) is 30.3. The molecule has 6 rings (SSSR count). The molecule has 2 heterocycles. The topological polar surface area (TPSA) is 92.7 Å². The van der Waals surface area contributed by atoms with Crippen LogP contribution in [0, 0.1) is 0 Å². The number of carbonyl (C=O) groups excluding carboxylic acids is 1. The molecule has 0 unspecified atom stereocenters. The van der Waals surface area contributed by atoms with Crippen molar-refractivity contribution in [3.63, 3.8) is 0 Å². The van der Waals surface area contributed by atoms with E-state index in [1.807, 2.05) is 73.7 Å². The summed E-state index contributed by atoms with van der Waals surface area (Å²) in [6.07, 6.45) is -0.0436. The van der Waals surface area contributed by atoms with E-state index >= 15 is 0 Å². The number of carbonyl (C=O) groups is 1. The van der Waals surface area contributed by atoms with E-state index in [-0.39, 0.29) is 24.8 Å². The highest BCUT2D eigenvalue weighted by Gasteiger charge is 2.32. The third-order valence-corrected chi connectivity index (χ3v) is 9.80. The second-order valence-electron chi connectivity index (χ2n) is 10.6. The summed E-state index contributed by atoms with van der Waals surface area (Å²) >= 11 is 3.43. The number of thioether (sulfide) groups is 1. The Hall–Kier alpha value is -3.73. The zero-order valence-electron chi connectivity index (χ0n) is 24.4. The monoisotopic (exact) mass is 625 g/mol. The summed E-state index contributed by atoms with van der Waals surface area (Å²) in [6.45, 7) is 2.93. The maximum atomic E-state index is 11.9. The van der Waals surface area contributed by atoms with Gasteiger partial charge in [-0.1, -0.05) is 84.6 Å². The number of aliphatic hydroxyl groups is 1. The first-order valence-electron chi connectivity index (χ1n) is 14.8. The molecule has 1 aliphatic rings. The lowest BCUT2D eigenvalue weighted by atomic mass is 9.99. The lowest BCUT2D eigenvalue weighted by Crippen LogP contribution is -2.34. The largest absolute Gasteiger partial charge is 0.392 e. The second kappa shape index (κ2) is 14.4.